The number of benzene rings is 1. The number of esters is 1. The average Bonchev–Trinajstić information content (AvgIpc) is 2.71. The molecule has 9 nitrogen and oxygen atoms in total. The molecule has 1 aliphatic rings. The van der Waals surface area contributed by atoms with Crippen molar-refractivity contribution in [3.05, 3.63) is 45.9 Å². The Labute approximate surface area is 177 Å². The Bertz CT molecular complexity index is 1050. The molecule has 1 atom stereocenters. The maximum absolute atomic E-state index is 12.9. The predicted octanol–water partition coefficient (Wildman–Crippen LogP) is 1.39. The fourth-order valence-electron chi connectivity index (χ4n) is 3.21. The van der Waals surface area contributed by atoms with Crippen LogP contribution in [-0.4, -0.2) is 51.7 Å². The molecule has 2 heterocycles. The number of urea groups is 1. The van der Waals surface area contributed by atoms with E-state index in [0.717, 1.165) is 0 Å². The Morgan fingerprint density at radius 2 is 2.10 bits per heavy atom. The lowest BCUT2D eigenvalue weighted by Crippen LogP contribution is -2.49. The highest BCUT2D eigenvalue weighted by molar-refractivity contribution is 7.99. The standard InChI is InChI=1S/C20H24N4O5S/c1-3-29-18(27)16-12(2)21-19(28)22-15(16)11-30-20-23-14-8-5-4-7-13(14)17(26)24(20)9-6-10-25/h4-5,7-8,12,25H,3,6,9-11H2,1-2H3,(H2,21,22,28)/t12-/m0/s1. The van der Waals surface area contributed by atoms with Gasteiger partial charge >= 0.3 is 12.0 Å². The fraction of sp³-hybridized carbons (Fsp3) is 0.400. The van der Waals surface area contributed by atoms with Crippen LogP contribution in [0.25, 0.3) is 10.9 Å². The summed E-state index contributed by atoms with van der Waals surface area (Å²) in [5.74, 6) is -0.284. The van der Waals surface area contributed by atoms with Crippen molar-refractivity contribution < 1.29 is 19.4 Å². The quantitative estimate of drug-likeness (QED) is 0.327. The number of aliphatic hydroxyl groups excluding tert-OH is 1. The van der Waals surface area contributed by atoms with Gasteiger partial charge in [-0.1, -0.05) is 23.9 Å². The largest absolute Gasteiger partial charge is 0.463 e. The zero-order valence-electron chi connectivity index (χ0n) is 16.8. The van der Waals surface area contributed by atoms with E-state index < -0.39 is 18.0 Å². The van der Waals surface area contributed by atoms with Crippen molar-refractivity contribution in [2.75, 3.05) is 19.0 Å². The van der Waals surface area contributed by atoms with E-state index in [9.17, 15) is 19.5 Å². The van der Waals surface area contributed by atoms with E-state index in [4.69, 9.17) is 4.74 Å². The minimum atomic E-state index is -0.505. The number of carbonyl (C=O) groups excluding carboxylic acids is 2. The van der Waals surface area contributed by atoms with Crippen molar-refractivity contribution >= 4 is 34.7 Å². The van der Waals surface area contributed by atoms with Crippen LogP contribution in [0.3, 0.4) is 0 Å². The number of ether oxygens (including phenoxy) is 1. The van der Waals surface area contributed by atoms with Crippen molar-refractivity contribution in [2.45, 2.75) is 38.0 Å². The van der Waals surface area contributed by atoms with Crippen LogP contribution in [0.15, 0.2) is 45.5 Å². The maximum Gasteiger partial charge on any atom is 0.337 e. The number of hydrogen-bond acceptors (Lipinski definition) is 7. The lowest BCUT2D eigenvalue weighted by Gasteiger charge is -2.26. The van der Waals surface area contributed by atoms with Gasteiger partial charge in [0.1, 0.15) is 0 Å². The van der Waals surface area contributed by atoms with E-state index in [2.05, 4.69) is 15.6 Å². The lowest BCUT2D eigenvalue weighted by atomic mass is 10.1. The van der Waals surface area contributed by atoms with Gasteiger partial charge in [-0.25, -0.2) is 14.6 Å². The van der Waals surface area contributed by atoms with E-state index in [1.54, 1.807) is 38.1 Å². The summed E-state index contributed by atoms with van der Waals surface area (Å²) < 4.78 is 6.64. The zero-order chi connectivity index (χ0) is 21.7. The normalized spacial score (nSPS) is 16.4. The number of rotatable bonds is 8. The van der Waals surface area contributed by atoms with Gasteiger partial charge in [0.15, 0.2) is 5.16 Å². The molecule has 160 valence electrons. The summed E-state index contributed by atoms with van der Waals surface area (Å²) in [7, 11) is 0. The number of aromatic nitrogens is 2. The molecular weight excluding hydrogens is 408 g/mol. The van der Waals surface area contributed by atoms with Crippen LogP contribution in [0.4, 0.5) is 4.79 Å². The second kappa shape index (κ2) is 9.77. The van der Waals surface area contributed by atoms with Crippen LogP contribution >= 0.6 is 11.8 Å². The number of carbonyl (C=O) groups is 2. The van der Waals surface area contributed by atoms with Gasteiger partial charge < -0.3 is 20.5 Å². The molecule has 0 saturated heterocycles. The van der Waals surface area contributed by atoms with Gasteiger partial charge in [-0.05, 0) is 32.4 Å². The van der Waals surface area contributed by atoms with Crippen molar-refractivity contribution in [1.82, 2.24) is 20.2 Å². The summed E-state index contributed by atoms with van der Waals surface area (Å²) in [5.41, 5.74) is 1.13. The first-order chi connectivity index (χ1) is 14.5. The molecule has 0 aliphatic carbocycles. The molecule has 0 radical (unpaired) electrons. The summed E-state index contributed by atoms with van der Waals surface area (Å²) in [6.45, 7) is 3.90. The molecule has 10 heteroatoms. The first kappa shape index (κ1) is 21.8. The smallest absolute Gasteiger partial charge is 0.337 e. The average molecular weight is 433 g/mol. The lowest BCUT2D eigenvalue weighted by molar-refractivity contribution is -0.138. The molecule has 0 fully saturated rings. The molecule has 0 bridgehead atoms. The van der Waals surface area contributed by atoms with E-state index >= 15 is 0 Å². The Morgan fingerprint density at radius 3 is 2.83 bits per heavy atom. The number of thioether (sulfide) groups is 1. The highest BCUT2D eigenvalue weighted by atomic mass is 32.2. The number of nitrogens with one attached hydrogen (secondary N) is 2. The summed E-state index contributed by atoms with van der Waals surface area (Å²) in [4.78, 5) is 41.9. The molecule has 2 aromatic rings. The number of hydrogen-bond donors (Lipinski definition) is 3. The predicted molar refractivity (Wildman–Crippen MR) is 113 cm³/mol. The highest BCUT2D eigenvalue weighted by Gasteiger charge is 2.30. The summed E-state index contributed by atoms with van der Waals surface area (Å²) in [5, 5.41) is 15.5. The van der Waals surface area contributed by atoms with E-state index in [1.165, 1.54) is 16.3 Å². The Kier molecular flexibility index (Phi) is 7.11. The molecule has 2 amide bonds. The number of fused-ring (bicyclic) bond motifs is 1. The Morgan fingerprint density at radius 1 is 1.33 bits per heavy atom. The molecule has 0 saturated carbocycles. The first-order valence-corrected chi connectivity index (χ1v) is 10.7. The highest BCUT2D eigenvalue weighted by Crippen LogP contribution is 2.24. The maximum atomic E-state index is 12.9. The van der Waals surface area contributed by atoms with Gasteiger partial charge in [0.05, 0.1) is 29.1 Å². The Balaban J connectivity index is 1.98. The molecule has 1 aromatic carbocycles. The molecule has 30 heavy (non-hydrogen) atoms. The third-order valence-electron chi connectivity index (χ3n) is 4.58. The van der Waals surface area contributed by atoms with Crippen molar-refractivity contribution in [2.24, 2.45) is 0 Å². The van der Waals surface area contributed by atoms with Crippen LogP contribution in [0.5, 0.6) is 0 Å². The monoisotopic (exact) mass is 432 g/mol. The summed E-state index contributed by atoms with van der Waals surface area (Å²) >= 11 is 1.24. The third-order valence-corrected chi connectivity index (χ3v) is 5.58. The van der Waals surface area contributed by atoms with Crippen LogP contribution in [0.1, 0.15) is 20.3 Å². The number of nitrogens with zero attached hydrogens (tertiary/aromatic N) is 2. The second-order valence-electron chi connectivity index (χ2n) is 6.67. The van der Waals surface area contributed by atoms with E-state index in [-0.39, 0.29) is 24.5 Å². The van der Waals surface area contributed by atoms with Gasteiger partial charge in [-0.15, -0.1) is 0 Å². The van der Waals surface area contributed by atoms with Gasteiger partial charge in [0.2, 0.25) is 0 Å². The molecule has 1 aromatic heterocycles. The van der Waals surface area contributed by atoms with Gasteiger partial charge in [-0.3, -0.25) is 9.36 Å². The molecule has 3 N–H and O–H groups in total. The van der Waals surface area contributed by atoms with Gasteiger partial charge in [-0.2, -0.15) is 0 Å². The fourth-order valence-corrected chi connectivity index (χ4v) is 4.21. The van der Waals surface area contributed by atoms with Crippen LogP contribution in [-0.2, 0) is 16.1 Å². The summed E-state index contributed by atoms with van der Waals surface area (Å²) in [6, 6.07) is 6.14. The second-order valence-corrected chi connectivity index (χ2v) is 7.61. The van der Waals surface area contributed by atoms with Crippen molar-refractivity contribution in [3.63, 3.8) is 0 Å². The van der Waals surface area contributed by atoms with Gasteiger partial charge in [0, 0.05) is 24.6 Å². The first-order valence-electron chi connectivity index (χ1n) is 9.67. The van der Waals surface area contributed by atoms with Crippen LogP contribution in [0, 0.1) is 0 Å². The summed E-state index contributed by atoms with van der Waals surface area (Å²) in [6.07, 6.45) is 0.405. The molecule has 1 aliphatic heterocycles. The van der Waals surface area contributed by atoms with E-state index in [1.807, 2.05) is 0 Å². The topological polar surface area (TPSA) is 123 Å². The minimum Gasteiger partial charge on any atom is -0.463 e. The molecule has 0 unspecified atom stereocenters. The zero-order valence-corrected chi connectivity index (χ0v) is 17.6. The Hall–Kier alpha value is -2.85. The van der Waals surface area contributed by atoms with Crippen LogP contribution < -0.4 is 16.2 Å². The SMILES string of the molecule is CCOC(=O)C1=C(CSc2nc3ccccc3c(=O)n2CCCO)NC(=O)N[C@H]1C. The molecule has 0 spiro atoms. The molecule has 3 rings (SSSR count). The number of amides is 2. The number of aliphatic hydroxyl groups is 1. The van der Waals surface area contributed by atoms with E-state index in [0.29, 0.717) is 40.3 Å². The molecular formula is C20H24N4O5S. The van der Waals surface area contributed by atoms with Crippen molar-refractivity contribution in [3.8, 4) is 0 Å². The minimum absolute atomic E-state index is 0.0548. The van der Waals surface area contributed by atoms with Gasteiger partial charge in [0.25, 0.3) is 5.56 Å². The third kappa shape index (κ3) is 4.65. The number of para-hydroxylation sites is 1. The van der Waals surface area contributed by atoms with Crippen LogP contribution in [0.2, 0.25) is 0 Å². The van der Waals surface area contributed by atoms with Crippen molar-refractivity contribution in [1.29, 1.82) is 0 Å².